The summed E-state index contributed by atoms with van der Waals surface area (Å²) in [5, 5.41) is 0.829. The Hall–Kier alpha value is -2.88. The van der Waals surface area contributed by atoms with Crippen LogP contribution in [0.4, 0.5) is 0 Å². The fourth-order valence-corrected chi connectivity index (χ4v) is 2.71. The summed E-state index contributed by atoms with van der Waals surface area (Å²) < 4.78 is 5.51. The molecular weight excluding hydrogens is 302 g/mol. The quantitative estimate of drug-likeness (QED) is 0.539. The molecule has 122 valence electrons. The van der Waals surface area contributed by atoms with Crippen molar-refractivity contribution in [2.45, 2.75) is 25.9 Å². The van der Waals surface area contributed by atoms with Crippen LogP contribution in [0, 0.1) is 0 Å². The first kappa shape index (κ1) is 16.0. The summed E-state index contributed by atoms with van der Waals surface area (Å²) in [6.45, 7) is 1.90. The Morgan fingerprint density at radius 2 is 1.75 bits per heavy atom. The lowest BCUT2D eigenvalue weighted by molar-refractivity contribution is -0.147. The summed E-state index contributed by atoms with van der Waals surface area (Å²) in [6.07, 6.45) is 1.73. The second kappa shape index (κ2) is 7.13. The van der Waals surface area contributed by atoms with Crippen LogP contribution in [0.5, 0.6) is 0 Å². The molecular formula is C20H19NO3. The molecule has 0 aliphatic rings. The van der Waals surface area contributed by atoms with Crippen molar-refractivity contribution in [1.29, 1.82) is 0 Å². The number of hydrogen-bond acceptors (Lipinski definition) is 3. The Bertz CT molecular complexity index is 851. The van der Waals surface area contributed by atoms with Gasteiger partial charge in [0.25, 0.3) is 0 Å². The van der Waals surface area contributed by atoms with Crippen LogP contribution in [0.25, 0.3) is 10.9 Å². The Kier molecular flexibility index (Phi) is 4.75. The monoisotopic (exact) mass is 321 g/mol. The fraction of sp³-hybridized carbons (Fsp3) is 0.200. The van der Waals surface area contributed by atoms with E-state index in [0.29, 0.717) is 24.0 Å². The van der Waals surface area contributed by atoms with Crippen molar-refractivity contribution in [1.82, 2.24) is 4.98 Å². The van der Waals surface area contributed by atoms with E-state index >= 15 is 0 Å². The first-order valence-corrected chi connectivity index (χ1v) is 8.05. The molecule has 0 unspecified atom stereocenters. The maximum absolute atomic E-state index is 13.1. The van der Waals surface area contributed by atoms with Gasteiger partial charge in [-0.2, -0.15) is 0 Å². The minimum absolute atomic E-state index is 0.219. The molecule has 0 fully saturated rings. The molecule has 4 heteroatoms. The number of carbonyl (C=O) groups excluding carboxylic acids is 2. The van der Waals surface area contributed by atoms with Gasteiger partial charge in [-0.25, -0.2) is 0 Å². The standard InChI is InChI=1S/C20H19NO3/c1-2-8-18(22)24-20(14-9-4-3-5-10-14)19(23)16-13-21-17-12-7-6-11-15(16)17/h3-7,9-13,20-21H,2,8H2,1H3/t20-/m0/s1. The fourth-order valence-electron chi connectivity index (χ4n) is 2.71. The summed E-state index contributed by atoms with van der Waals surface area (Å²) in [7, 11) is 0. The van der Waals surface area contributed by atoms with Crippen molar-refractivity contribution < 1.29 is 14.3 Å². The molecule has 3 rings (SSSR count). The van der Waals surface area contributed by atoms with E-state index in [0.717, 1.165) is 10.9 Å². The van der Waals surface area contributed by atoms with E-state index in [9.17, 15) is 9.59 Å². The van der Waals surface area contributed by atoms with E-state index in [1.165, 1.54) is 0 Å². The van der Waals surface area contributed by atoms with Crippen LogP contribution in [0.2, 0.25) is 0 Å². The average Bonchev–Trinajstić information content (AvgIpc) is 3.04. The minimum Gasteiger partial charge on any atom is -0.449 e. The molecule has 0 bridgehead atoms. The molecule has 3 aromatic rings. The maximum Gasteiger partial charge on any atom is 0.306 e. The highest BCUT2D eigenvalue weighted by Gasteiger charge is 2.27. The molecule has 1 aromatic heterocycles. The molecule has 0 aliphatic heterocycles. The number of hydrogen-bond donors (Lipinski definition) is 1. The number of carbonyl (C=O) groups is 2. The largest absolute Gasteiger partial charge is 0.449 e. The number of Topliss-reactive ketones (excluding diaryl/α,β-unsaturated/α-hetero) is 1. The average molecular weight is 321 g/mol. The number of para-hydroxylation sites is 1. The number of rotatable bonds is 6. The number of nitrogens with one attached hydrogen (secondary N) is 1. The third-order valence-electron chi connectivity index (χ3n) is 3.90. The third-order valence-corrected chi connectivity index (χ3v) is 3.90. The number of esters is 1. The molecule has 2 aromatic carbocycles. The van der Waals surface area contributed by atoms with E-state index in [1.54, 1.807) is 18.3 Å². The van der Waals surface area contributed by atoms with Gasteiger partial charge >= 0.3 is 5.97 Å². The predicted octanol–water partition coefficient (Wildman–Crippen LogP) is 4.44. The number of aromatic amines is 1. The zero-order valence-electron chi connectivity index (χ0n) is 13.5. The van der Waals surface area contributed by atoms with E-state index in [4.69, 9.17) is 4.74 Å². The summed E-state index contributed by atoms with van der Waals surface area (Å²) >= 11 is 0. The zero-order valence-corrected chi connectivity index (χ0v) is 13.5. The SMILES string of the molecule is CCCC(=O)O[C@H](C(=O)c1c[nH]c2ccccc12)c1ccccc1. The highest BCUT2D eigenvalue weighted by Crippen LogP contribution is 2.27. The molecule has 0 radical (unpaired) electrons. The molecule has 0 amide bonds. The predicted molar refractivity (Wildman–Crippen MR) is 92.8 cm³/mol. The third kappa shape index (κ3) is 3.23. The van der Waals surface area contributed by atoms with Crippen LogP contribution in [0.15, 0.2) is 60.8 Å². The van der Waals surface area contributed by atoms with Gasteiger partial charge in [0.05, 0.1) is 0 Å². The lowest BCUT2D eigenvalue weighted by Gasteiger charge is -2.17. The van der Waals surface area contributed by atoms with Crippen molar-refractivity contribution in [2.24, 2.45) is 0 Å². The van der Waals surface area contributed by atoms with Crippen molar-refractivity contribution in [3.05, 3.63) is 71.9 Å². The molecule has 1 heterocycles. The number of ether oxygens (including phenoxy) is 1. The highest BCUT2D eigenvalue weighted by atomic mass is 16.5. The van der Waals surface area contributed by atoms with E-state index in [1.807, 2.05) is 49.4 Å². The minimum atomic E-state index is -0.926. The van der Waals surface area contributed by atoms with Crippen molar-refractivity contribution in [2.75, 3.05) is 0 Å². The summed E-state index contributed by atoms with van der Waals surface area (Å²) in [4.78, 5) is 28.1. The van der Waals surface area contributed by atoms with Gasteiger partial charge in [0, 0.05) is 34.6 Å². The Labute approximate surface area is 140 Å². The number of ketones is 1. The topological polar surface area (TPSA) is 59.2 Å². The second-order valence-electron chi connectivity index (χ2n) is 5.64. The molecule has 0 spiro atoms. The molecule has 1 atom stereocenters. The molecule has 4 nitrogen and oxygen atoms in total. The van der Waals surface area contributed by atoms with Gasteiger partial charge in [-0.3, -0.25) is 9.59 Å². The second-order valence-corrected chi connectivity index (χ2v) is 5.64. The molecule has 24 heavy (non-hydrogen) atoms. The van der Waals surface area contributed by atoms with E-state index < -0.39 is 6.10 Å². The van der Waals surface area contributed by atoms with Crippen LogP contribution in [0.3, 0.4) is 0 Å². The molecule has 0 saturated carbocycles. The number of H-pyrrole nitrogens is 1. The van der Waals surface area contributed by atoms with Crippen molar-refractivity contribution in [3.8, 4) is 0 Å². The lowest BCUT2D eigenvalue weighted by atomic mass is 9.99. The van der Waals surface area contributed by atoms with Gasteiger partial charge in [0.15, 0.2) is 6.10 Å². The van der Waals surface area contributed by atoms with Crippen LogP contribution >= 0.6 is 0 Å². The normalized spacial score (nSPS) is 12.0. The molecule has 0 aliphatic carbocycles. The zero-order chi connectivity index (χ0) is 16.9. The number of benzene rings is 2. The van der Waals surface area contributed by atoms with Gasteiger partial charge in [0.2, 0.25) is 5.78 Å². The Morgan fingerprint density at radius 1 is 1.04 bits per heavy atom. The first-order chi connectivity index (χ1) is 11.7. The van der Waals surface area contributed by atoms with E-state index in [2.05, 4.69) is 4.98 Å². The lowest BCUT2D eigenvalue weighted by Crippen LogP contribution is -2.20. The molecule has 1 N–H and O–H groups in total. The van der Waals surface area contributed by atoms with Crippen LogP contribution in [-0.4, -0.2) is 16.7 Å². The van der Waals surface area contributed by atoms with Crippen LogP contribution < -0.4 is 0 Å². The molecule has 0 saturated heterocycles. The highest BCUT2D eigenvalue weighted by molar-refractivity contribution is 6.10. The number of fused-ring (bicyclic) bond motifs is 1. The van der Waals surface area contributed by atoms with Crippen molar-refractivity contribution in [3.63, 3.8) is 0 Å². The van der Waals surface area contributed by atoms with Crippen LogP contribution in [0.1, 0.15) is 41.8 Å². The summed E-state index contributed by atoms with van der Waals surface area (Å²) in [6, 6.07) is 16.7. The Morgan fingerprint density at radius 3 is 2.50 bits per heavy atom. The van der Waals surface area contributed by atoms with Crippen molar-refractivity contribution >= 4 is 22.7 Å². The maximum atomic E-state index is 13.1. The number of aromatic nitrogens is 1. The van der Waals surface area contributed by atoms with Gasteiger partial charge in [-0.15, -0.1) is 0 Å². The van der Waals surface area contributed by atoms with Gasteiger partial charge in [-0.05, 0) is 12.5 Å². The summed E-state index contributed by atoms with van der Waals surface area (Å²) in [5.74, 6) is -0.581. The smallest absolute Gasteiger partial charge is 0.306 e. The summed E-state index contributed by atoms with van der Waals surface area (Å²) in [5.41, 5.74) is 2.09. The van der Waals surface area contributed by atoms with Gasteiger partial charge < -0.3 is 9.72 Å². The van der Waals surface area contributed by atoms with Crippen LogP contribution in [-0.2, 0) is 9.53 Å². The van der Waals surface area contributed by atoms with Gasteiger partial charge in [0.1, 0.15) is 0 Å². The first-order valence-electron chi connectivity index (χ1n) is 8.05. The Balaban J connectivity index is 1.98. The van der Waals surface area contributed by atoms with E-state index in [-0.39, 0.29) is 11.8 Å². The van der Waals surface area contributed by atoms with Gasteiger partial charge in [-0.1, -0.05) is 55.5 Å².